The third-order valence-corrected chi connectivity index (χ3v) is 2.98. The summed E-state index contributed by atoms with van der Waals surface area (Å²) in [5.41, 5.74) is 0.204. The predicted molar refractivity (Wildman–Crippen MR) is 78.6 cm³/mol. The monoisotopic (exact) mass is 363 g/mol. The van der Waals surface area contributed by atoms with Crippen molar-refractivity contribution in [2.24, 2.45) is 0 Å². The molecule has 0 saturated heterocycles. The Bertz CT molecular complexity index is 743. The van der Waals surface area contributed by atoms with Gasteiger partial charge in [-0.05, 0) is 30.3 Å². The first-order valence-electron chi connectivity index (χ1n) is 6.47. The summed E-state index contributed by atoms with van der Waals surface area (Å²) in [6.45, 7) is -3.57. The van der Waals surface area contributed by atoms with Crippen LogP contribution in [-0.2, 0) is 4.79 Å². The van der Waals surface area contributed by atoms with Crippen molar-refractivity contribution in [1.29, 1.82) is 0 Å². The molecule has 0 aromatic heterocycles. The van der Waals surface area contributed by atoms with Gasteiger partial charge < -0.3 is 14.8 Å². The van der Waals surface area contributed by atoms with Crippen LogP contribution in [0.25, 0.3) is 0 Å². The highest BCUT2D eigenvalue weighted by Gasteiger charge is 2.11. The normalized spacial score (nSPS) is 10.6. The van der Waals surface area contributed by atoms with E-state index >= 15 is 0 Å². The van der Waals surface area contributed by atoms with E-state index in [2.05, 4.69) is 10.1 Å². The number of benzene rings is 2. The molecule has 0 unspecified atom stereocenters. The van der Waals surface area contributed by atoms with Gasteiger partial charge in [-0.15, -0.1) is 0 Å². The maximum Gasteiger partial charge on any atom is 0.387 e. The third kappa shape index (κ3) is 5.02. The molecule has 0 heterocycles. The molecule has 0 aliphatic heterocycles. The Balaban J connectivity index is 1.93. The van der Waals surface area contributed by atoms with Gasteiger partial charge in [-0.3, -0.25) is 4.79 Å². The van der Waals surface area contributed by atoms with Gasteiger partial charge in [0.25, 0.3) is 5.91 Å². The first-order valence-corrected chi connectivity index (χ1v) is 6.85. The van der Waals surface area contributed by atoms with Gasteiger partial charge in [-0.25, -0.2) is 8.78 Å². The van der Waals surface area contributed by atoms with Gasteiger partial charge in [0.1, 0.15) is 11.6 Å². The van der Waals surface area contributed by atoms with Gasteiger partial charge in [0.2, 0.25) is 0 Å². The first kappa shape index (κ1) is 17.9. The van der Waals surface area contributed by atoms with Crippen LogP contribution in [-0.4, -0.2) is 19.1 Å². The van der Waals surface area contributed by atoms with Crippen LogP contribution in [0.2, 0.25) is 5.02 Å². The zero-order chi connectivity index (χ0) is 17.7. The Labute approximate surface area is 138 Å². The Morgan fingerprint density at radius 1 is 1.12 bits per heavy atom. The summed E-state index contributed by atoms with van der Waals surface area (Å²) in [5.74, 6) is -2.90. The molecule has 0 spiro atoms. The summed E-state index contributed by atoms with van der Waals surface area (Å²) in [6.07, 6.45) is 0. The van der Waals surface area contributed by atoms with Crippen LogP contribution in [0, 0.1) is 11.6 Å². The lowest BCUT2D eigenvalue weighted by molar-refractivity contribution is -0.118. The van der Waals surface area contributed by atoms with Gasteiger partial charge in [-0.1, -0.05) is 11.6 Å². The number of anilines is 1. The Morgan fingerprint density at radius 2 is 1.83 bits per heavy atom. The Morgan fingerprint density at radius 3 is 2.46 bits per heavy atom. The summed E-state index contributed by atoms with van der Waals surface area (Å²) in [5, 5.41) is 2.25. The van der Waals surface area contributed by atoms with E-state index in [9.17, 15) is 22.4 Å². The Hall–Kier alpha value is -2.48. The van der Waals surface area contributed by atoms with E-state index in [0.29, 0.717) is 6.07 Å². The number of hydrogen-bond donors (Lipinski definition) is 1. The van der Waals surface area contributed by atoms with Crippen molar-refractivity contribution in [2.45, 2.75) is 6.61 Å². The molecule has 2 rings (SSSR count). The van der Waals surface area contributed by atoms with E-state index in [4.69, 9.17) is 16.3 Å². The molecule has 4 nitrogen and oxygen atoms in total. The molecule has 9 heteroatoms. The molecule has 0 bridgehead atoms. The second-order valence-corrected chi connectivity index (χ2v) is 4.84. The minimum absolute atomic E-state index is 0.126. The number of ether oxygens (including phenoxy) is 2. The number of amides is 1. The maximum absolute atomic E-state index is 13.3. The molecule has 0 saturated carbocycles. The van der Waals surface area contributed by atoms with Crippen molar-refractivity contribution in [1.82, 2.24) is 0 Å². The van der Waals surface area contributed by atoms with Crippen LogP contribution in [0.15, 0.2) is 36.4 Å². The van der Waals surface area contributed by atoms with Crippen molar-refractivity contribution < 1.29 is 31.8 Å². The molecule has 2 aromatic rings. The van der Waals surface area contributed by atoms with Crippen LogP contribution < -0.4 is 14.8 Å². The zero-order valence-electron chi connectivity index (χ0n) is 11.9. The Kier molecular flexibility index (Phi) is 5.86. The lowest BCUT2D eigenvalue weighted by atomic mass is 10.3. The number of nitrogens with one attached hydrogen (secondary N) is 1. The summed E-state index contributed by atoms with van der Waals surface area (Å²) in [7, 11) is 0. The summed E-state index contributed by atoms with van der Waals surface area (Å²) in [4.78, 5) is 11.7. The quantitative estimate of drug-likeness (QED) is 0.781. The molecule has 24 heavy (non-hydrogen) atoms. The molecule has 0 aliphatic carbocycles. The standard InChI is InChI=1S/C15H10ClF4NO3/c16-10-6-9(2-4-12(10)24-15(19)20)21-14(22)7-23-13-3-1-8(17)5-11(13)18/h1-6,15H,7H2,(H,21,22). The lowest BCUT2D eigenvalue weighted by Crippen LogP contribution is -2.20. The minimum atomic E-state index is -3.03. The highest BCUT2D eigenvalue weighted by molar-refractivity contribution is 6.32. The van der Waals surface area contributed by atoms with E-state index in [1.54, 1.807) is 0 Å². The number of carbonyl (C=O) groups excluding carboxylic acids is 1. The van der Waals surface area contributed by atoms with Gasteiger partial charge in [0, 0.05) is 11.8 Å². The second kappa shape index (κ2) is 7.87. The van der Waals surface area contributed by atoms with E-state index in [1.807, 2.05) is 0 Å². The van der Waals surface area contributed by atoms with Crippen LogP contribution in [0.1, 0.15) is 0 Å². The zero-order valence-corrected chi connectivity index (χ0v) is 12.6. The molecule has 0 aliphatic rings. The molecule has 0 fully saturated rings. The van der Waals surface area contributed by atoms with Crippen molar-refractivity contribution in [2.75, 3.05) is 11.9 Å². The maximum atomic E-state index is 13.3. The highest BCUT2D eigenvalue weighted by atomic mass is 35.5. The van der Waals surface area contributed by atoms with Crippen molar-refractivity contribution >= 4 is 23.2 Å². The van der Waals surface area contributed by atoms with Gasteiger partial charge >= 0.3 is 6.61 Å². The SMILES string of the molecule is O=C(COc1ccc(F)cc1F)Nc1ccc(OC(F)F)c(Cl)c1. The first-order chi connectivity index (χ1) is 11.3. The molecule has 0 radical (unpaired) electrons. The van der Waals surface area contributed by atoms with Crippen LogP contribution >= 0.6 is 11.6 Å². The molecule has 1 amide bonds. The van der Waals surface area contributed by atoms with Gasteiger partial charge in [-0.2, -0.15) is 8.78 Å². The van der Waals surface area contributed by atoms with Gasteiger partial charge in [0.05, 0.1) is 5.02 Å². The minimum Gasteiger partial charge on any atom is -0.481 e. The highest BCUT2D eigenvalue weighted by Crippen LogP contribution is 2.29. The van der Waals surface area contributed by atoms with E-state index < -0.39 is 30.8 Å². The molecular weight excluding hydrogens is 354 g/mol. The average Bonchev–Trinajstić information content (AvgIpc) is 2.49. The average molecular weight is 364 g/mol. The number of halogens is 5. The number of hydrogen-bond acceptors (Lipinski definition) is 3. The number of carbonyl (C=O) groups is 1. The van der Waals surface area contributed by atoms with Gasteiger partial charge in [0.15, 0.2) is 18.2 Å². The largest absolute Gasteiger partial charge is 0.481 e. The second-order valence-electron chi connectivity index (χ2n) is 4.44. The molecule has 2 aromatic carbocycles. The van der Waals surface area contributed by atoms with E-state index in [1.165, 1.54) is 12.1 Å². The summed E-state index contributed by atoms with van der Waals surface area (Å²) in [6, 6.07) is 6.30. The fourth-order valence-corrected chi connectivity index (χ4v) is 1.93. The molecular formula is C15H10ClF4NO3. The fourth-order valence-electron chi connectivity index (χ4n) is 1.70. The third-order valence-electron chi connectivity index (χ3n) is 2.68. The van der Waals surface area contributed by atoms with Crippen molar-refractivity contribution in [3.05, 3.63) is 53.1 Å². The number of alkyl halides is 2. The molecule has 0 atom stereocenters. The van der Waals surface area contributed by atoms with Crippen molar-refractivity contribution in [3.63, 3.8) is 0 Å². The van der Waals surface area contributed by atoms with E-state index in [-0.39, 0.29) is 22.2 Å². The smallest absolute Gasteiger partial charge is 0.387 e. The molecule has 1 N–H and O–H groups in total. The van der Waals surface area contributed by atoms with Crippen LogP contribution in [0.4, 0.5) is 23.2 Å². The van der Waals surface area contributed by atoms with Crippen molar-refractivity contribution in [3.8, 4) is 11.5 Å². The predicted octanol–water partition coefficient (Wildman–Crippen LogP) is 4.24. The van der Waals surface area contributed by atoms with E-state index in [0.717, 1.165) is 18.2 Å². The molecule has 128 valence electrons. The number of rotatable bonds is 6. The summed E-state index contributed by atoms with van der Waals surface area (Å²) >= 11 is 5.74. The topological polar surface area (TPSA) is 47.6 Å². The fraction of sp³-hybridized carbons (Fsp3) is 0.133. The van der Waals surface area contributed by atoms with Crippen LogP contribution in [0.5, 0.6) is 11.5 Å². The summed E-state index contributed by atoms with van der Waals surface area (Å²) < 4.78 is 59.4. The lowest BCUT2D eigenvalue weighted by Gasteiger charge is -2.10. The van der Waals surface area contributed by atoms with Crippen LogP contribution in [0.3, 0.4) is 0 Å².